The first kappa shape index (κ1) is 10.5. The molecule has 0 aliphatic carbocycles. The molecule has 8 heteroatoms. The Labute approximate surface area is 94.5 Å². The molecule has 0 radical (unpaired) electrons. The molecule has 0 fully saturated rings. The number of fused-ring (bicyclic) bond motifs is 1. The highest BCUT2D eigenvalue weighted by Gasteiger charge is 2.11. The van der Waals surface area contributed by atoms with Crippen LogP contribution in [0, 0.1) is 0 Å². The van der Waals surface area contributed by atoms with Crippen LogP contribution in [0.2, 0.25) is 5.28 Å². The highest BCUT2D eigenvalue weighted by Crippen LogP contribution is 2.19. The number of benzene rings is 1. The molecular formula is C7H3Cl2N3O2S. The van der Waals surface area contributed by atoms with Gasteiger partial charge in [0.05, 0.1) is 10.4 Å². The SMILES string of the molecule is O=S(=O)(Cl)c1ccc2nc(Cl)nnc2c1. The molecule has 1 aromatic carbocycles. The number of rotatable bonds is 1. The molecule has 15 heavy (non-hydrogen) atoms. The van der Waals surface area contributed by atoms with Crippen molar-refractivity contribution in [3.8, 4) is 0 Å². The molecule has 0 unspecified atom stereocenters. The second-order valence-corrected chi connectivity index (χ2v) is 5.57. The minimum atomic E-state index is -3.76. The molecular weight excluding hydrogens is 261 g/mol. The van der Waals surface area contributed by atoms with Crippen molar-refractivity contribution >= 4 is 42.4 Å². The van der Waals surface area contributed by atoms with Gasteiger partial charge in [0.2, 0.25) is 5.28 Å². The lowest BCUT2D eigenvalue weighted by molar-refractivity contribution is 0.609. The Kier molecular flexibility index (Phi) is 2.49. The number of aromatic nitrogens is 3. The fraction of sp³-hybridized carbons (Fsp3) is 0. The monoisotopic (exact) mass is 263 g/mol. The van der Waals surface area contributed by atoms with Crippen molar-refractivity contribution in [1.29, 1.82) is 0 Å². The van der Waals surface area contributed by atoms with E-state index in [2.05, 4.69) is 15.2 Å². The molecule has 78 valence electrons. The molecule has 0 atom stereocenters. The fourth-order valence-corrected chi connectivity index (χ4v) is 1.95. The van der Waals surface area contributed by atoms with E-state index in [-0.39, 0.29) is 10.2 Å². The van der Waals surface area contributed by atoms with E-state index in [1.54, 1.807) is 0 Å². The Balaban J connectivity index is 2.73. The first-order valence-corrected chi connectivity index (χ1v) is 6.40. The molecule has 5 nitrogen and oxygen atoms in total. The van der Waals surface area contributed by atoms with Gasteiger partial charge in [0, 0.05) is 10.7 Å². The molecule has 1 heterocycles. The maximum Gasteiger partial charge on any atom is 0.261 e. The van der Waals surface area contributed by atoms with Crippen LogP contribution in [-0.2, 0) is 9.05 Å². The summed E-state index contributed by atoms with van der Waals surface area (Å²) in [6, 6.07) is 4.08. The van der Waals surface area contributed by atoms with Crippen LogP contribution in [0.3, 0.4) is 0 Å². The standard InChI is InChI=1S/C7H3Cl2N3O2S/c8-7-10-5-2-1-4(15(9,13)14)3-6(5)11-12-7/h1-3H. The van der Waals surface area contributed by atoms with E-state index in [4.69, 9.17) is 22.3 Å². The van der Waals surface area contributed by atoms with Gasteiger partial charge in [-0.25, -0.2) is 13.4 Å². The molecule has 0 amide bonds. The molecule has 0 saturated heterocycles. The number of hydrogen-bond donors (Lipinski definition) is 0. The maximum atomic E-state index is 11.0. The van der Waals surface area contributed by atoms with Gasteiger partial charge in [0.15, 0.2) is 0 Å². The summed E-state index contributed by atoms with van der Waals surface area (Å²) < 4.78 is 22.0. The third-order valence-corrected chi connectivity index (χ3v) is 3.19. The Morgan fingerprint density at radius 3 is 2.53 bits per heavy atom. The van der Waals surface area contributed by atoms with Crippen molar-refractivity contribution in [2.24, 2.45) is 0 Å². The number of halogens is 2. The quantitative estimate of drug-likeness (QED) is 0.731. The molecule has 0 N–H and O–H groups in total. The first-order chi connectivity index (χ1) is 6.97. The lowest BCUT2D eigenvalue weighted by Crippen LogP contribution is -1.94. The second-order valence-electron chi connectivity index (χ2n) is 2.67. The summed E-state index contributed by atoms with van der Waals surface area (Å²) in [4.78, 5) is 3.81. The summed E-state index contributed by atoms with van der Waals surface area (Å²) in [6.45, 7) is 0. The van der Waals surface area contributed by atoms with Gasteiger partial charge in [-0.2, -0.15) is 0 Å². The van der Waals surface area contributed by atoms with Crippen molar-refractivity contribution in [3.05, 3.63) is 23.5 Å². The van der Waals surface area contributed by atoms with Gasteiger partial charge in [-0.15, -0.1) is 10.2 Å². The minimum absolute atomic E-state index is 0.00369. The van der Waals surface area contributed by atoms with Gasteiger partial charge in [-0.05, 0) is 29.8 Å². The summed E-state index contributed by atoms with van der Waals surface area (Å²) in [7, 11) is 1.41. The van der Waals surface area contributed by atoms with Crippen LogP contribution in [0.25, 0.3) is 11.0 Å². The van der Waals surface area contributed by atoms with Crippen molar-refractivity contribution in [1.82, 2.24) is 15.2 Å². The Morgan fingerprint density at radius 2 is 1.87 bits per heavy atom. The molecule has 0 bridgehead atoms. The van der Waals surface area contributed by atoms with Crippen LogP contribution in [0.5, 0.6) is 0 Å². The van der Waals surface area contributed by atoms with Crippen LogP contribution in [0.1, 0.15) is 0 Å². The largest absolute Gasteiger partial charge is 0.261 e. The normalized spacial score (nSPS) is 11.9. The summed E-state index contributed by atoms with van der Waals surface area (Å²) in [5.74, 6) is 0. The highest BCUT2D eigenvalue weighted by molar-refractivity contribution is 8.13. The highest BCUT2D eigenvalue weighted by atomic mass is 35.7. The van der Waals surface area contributed by atoms with Gasteiger partial charge in [0.1, 0.15) is 5.52 Å². The van der Waals surface area contributed by atoms with E-state index in [0.717, 1.165) is 0 Å². The van der Waals surface area contributed by atoms with Crippen LogP contribution in [-0.4, -0.2) is 23.6 Å². The van der Waals surface area contributed by atoms with Crippen LogP contribution in [0.4, 0.5) is 0 Å². The third-order valence-electron chi connectivity index (χ3n) is 1.68. The van der Waals surface area contributed by atoms with E-state index in [0.29, 0.717) is 11.0 Å². The van der Waals surface area contributed by atoms with Crippen LogP contribution in [0.15, 0.2) is 23.1 Å². The molecule has 1 aromatic heterocycles. The number of hydrogen-bond acceptors (Lipinski definition) is 5. The van der Waals surface area contributed by atoms with E-state index in [1.165, 1.54) is 18.2 Å². The van der Waals surface area contributed by atoms with Gasteiger partial charge in [0.25, 0.3) is 9.05 Å². The van der Waals surface area contributed by atoms with E-state index in [9.17, 15) is 8.42 Å². The summed E-state index contributed by atoms with van der Waals surface area (Å²) in [6.07, 6.45) is 0. The van der Waals surface area contributed by atoms with Gasteiger partial charge >= 0.3 is 0 Å². The Hall–Kier alpha value is -0.980. The minimum Gasteiger partial charge on any atom is -0.215 e. The zero-order chi connectivity index (χ0) is 11.1. The zero-order valence-corrected chi connectivity index (χ0v) is 9.38. The lowest BCUT2D eigenvalue weighted by atomic mass is 10.3. The van der Waals surface area contributed by atoms with Gasteiger partial charge in [-0.3, -0.25) is 0 Å². The van der Waals surface area contributed by atoms with E-state index < -0.39 is 9.05 Å². The first-order valence-electron chi connectivity index (χ1n) is 3.71. The van der Waals surface area contributed by atoms with Crippen molar-refractivity contribution in [3.63, 3.8) is 0 Å². The van der Waals surface area contributed by atoms with Crippen LogP contribution >= 0.6 is 22.3 Å². The zero-order valence-electron chi connectivity index (χ0n) is 7.05. The van der Waals surface area contributed by atoms with Crippen molar-refractivity contribution in [2.75, 3.05) is 0 Å². The predicted octanol–water partition coefficient (Wildman–Crippen LogP) is 1.61. The average Bonchev–Trinajstić information content (AvgIpc) is 2.15. The molecule has 0 saturated carbocycles. The van der Waals surface area contributed by atoms with Gasteiger partial charge < -0.3 is 0 Å². The Morgan fingerprint density at radius 1 is 1.13 bits per heavy atom. The molecule has 2 aromatic rings. The Bertz CT molecular complexity index is 629. The lowest BCUT2D eigenvalue weighted by Gasteiger charge is -1.98. The van der Waals surface area contributed by atoms with E-state index in [1.807, 2.05) is 0 Å². The summed E-state index contributed by atoms with van der Waals surface area (Å²) in [5.41, 5.74) is 0.778. The molecule has 0 aliphatic rings. The summed E-state index contributed by atoms with van der Waals surface area (Å²) in [5, 5.41) is 7.19. The average molecular weight is 264 g/mol. The third kappa shape index (κ3) is 2.17. The molecule has 0 spiro atoms. The fourth-order valence-electron chi connectivity index (χ4n) is 1.05. The van der Waals surface area contributed by atoms with E-state index >= 15 is 0 Å². The molecule has 2 rings (SSSR count). The topological polar surface area (TPSA) is 72.8 Å². The van der Waals surface area contributed by atoms with Crippen molar-refractivity contribution in [2.45, 2.75) is 4.90 Å². The maximum absolute atomic E-state index is 11.0. The smallest absolute Gasteiger partial charge is 0.215 e. The van der Waals surface area contributed by atoms with Gasteiger partial charge in [-0.1, -0.05) is 0 Å². The predicted molar refractivity (Wildman–Crippen MR) is 55.4 cm³/mol. The second kappa shape index (κ2) is 3.55. The molecule has 0 aliphatic heterocycles. The summed E-state index contributed by atoms with van der Waals surface area (Å²) >= 11 is 5.52. The number of nitrogens with zero attached hydrogens (tertiary/aromatic N) is 3. The van der Waals surface area contributed by atoms with Crippen LogP contribution < -0.4 is 0 Å². The van der Waals surface area contributed by atoms with Crippen molar-refractivity contribution < 1.29 is 8.42 Å².